The largest absolute Gasteiger partial charge is 1.00 e. The Labute approximate surface area is 448 Å². The van der Waals surface area contributed by atoms with Crippen LogP contribution in [-0.2, 0) is 66.6 Å². The number of nitrogens with one attached hydrogen (secondary N) is 2. The fourth-order valence-electron chi connectivity index (χ4n) is 10.7. The number of aliphatic hydroxyl groups is 6. The predicted molar refractivity (Wildman–Crippen MR) is 264 cm³/mol. The van der Waals surface area contributed by atoms with Gasteiger partial charge in [0.1, 0.15) is 55.4 Å². The van der Waals surface area contributed by atoms with Crippen LogP contribution in [0.5, 0.6) is 0 Å². The number of carbonyl (C=O) groups is 5. The van der Waals surface area contributed by atoms with Gasteiger partial charge in [0.15, 0.2) is 18.3 Å². The van der Waals surface area contributed by atoms with Crippen molar-refractivity contribution in [2.24, 2.45) is 0 Å². The summed E-state index contributed by atoms with van der Waals surface area (Å²) in [7, 11) is 2.61. The van der Waals surface area contributed by atoms with Gasteiger partial charge in [0.25, 0.3) is 0 Å². The number of fused-ring (bicyclic) bond motifs is 2. The van der Waals surface area contributed by atoms with Crippen molar-refractivity contribution in [2.75, 3.05) is 45.3 Å². The van der Waals surface area contributed by atoms with E-state index in [-0.39, 0.29) is 81.0 Å². The first-order valence-electron chi connectivity index (χ1n) is 25.1. The smallest absolute Gasteiger partial charge is 0.236 e. The molecule has 0 aliphatic carbocycles. The third kappa shape index (κ3) is 12.2. The molecule has 10 atom stereocenters. The zero-order valence-corrected chi connectivity index (χ0v) is 45.2. The van der Waals surface area contributed by atoms with Crippen LogP contribution in [0.4, 0.5) is 11.4 Å². The summed E-state index contributed by atoms with van der Waals surface area (Å²) in [6.45, 7) is 11.6. The second-order valence-corrected chi connectivity index (χ2v) is 20.4. The Balaban J connectivity index is 0.00000892. The van der Waals surface area contributed by atoms with E-state index in [9.17, 15) is 54.6 Å². The first-order chi connectivity index (χ1) is 34.6. The molecular weight excluding hydrogens is 1070 g/mol. The van der Waals surface area contributed by atoms with Gasteiger partial charge in [-0.3, -0.25) is 24.0 Å². The van der Waals surface area contributed by atoms with Crippen molar-refractivity contribution in [1.82, 2.24) is 15.5 Å². The molecular formula is C53H72IN5O15. The van der Waals surface area contributed by atoms with Crippen LogP contribution in [0.3, 0.4) is 0 Å². The van der Waals surface area contributed by atoms with E-state index in [1.807, 2.05) is 42.5 Å². The van der Waals surface area contributed by atoms with E-state index >= 15 is 0 Å². The Morgan fingerprint density at radius 2 is 1.26 bits per heavy atom. The van der Waals surface area contributed by atoms with Gasteiger partial charge in [0.2, 0.25) is 35.2 Å². The standard InChI is InChI=1S/C53H71N5O15.HI/c1-8-56-33-18-16-29(25-39(59)54-27-35-44(64)46(66)48(68)50(70-6)72-35)23-31(33)52(2,3)37(56)13-12-14-38-53(4,5)32-24-30(26-40(60)55-28-36-45(65)47(67)49(69)51(71-7)73-36)17-19-34(32)57(38)22-11-9-10-15-41(61)58-42(62)20-21-43(58)63;/h12-14,16-19,23-24,35-36,44-51,64-69H,8-11,15,20-22,25-28H2,1-7H3,(H-,54,55,59,60);1H/t35-,36-,44-,45-,46+,47+,48-,49-,50+,51+;/m1./s1. The van der Waals surface area contributed by atoms with Crippen LogP contribution in [0.2, 0.25) is 0 Å². The van der Waals surface area contributed by atoms with Crippen molar-refractivity contribution < 1.29 is 102 Å². The summed E-state index contributed by atoms with van der Waals surface area (Å²) in [5.74, 6) is -2.02. The highest BCUT2D eigenvalue weighted by Crippen LogP contribution is 2.48. The summed E-state index contributed by atoms with van der Waals surface area (Å²) in [4.78, 5) is 66.7. The average Bonchev–Trinajstić information content (AvgIpc) is 3.89. The Kier molecular flexibility index (Phi) is 19.6. The number of unbranched alkanes of at least 4 members (excludes halogenated alkanes) is 2. The number of methoxy groups -OCH3 is 2. The second-order valence-electron chi connectivity index (χ2n) is 20.4. The fourth-order valence-corrected chi connectivity index (χ4v) is 10.7. The third-order valence-corrected chi connectivity index (χ3v) is 14.8. The van der Waals surface area contributed by atoms with E-state index in [0.717, 1.165) is 49.9 Å². The molecule has 8 N–H and O–H groups in total. The van der Waals surface area contributed by atoms with Gasteiger partial charge in [-0.1, -0.05) is 38.1 Å². The van der Waals surface area contributed by atoms with Gasteiger partial charge in [-0.05, 0) is 68.5 Å². The second kappa shape index (κ2) is 24.6. The number of halogens is 1. The lowest BCUT2D eigenvalue weighted by molar-refractivity contribution is -0.438. The summed E-state index contributed by atoms with van der Waals surface area (Å²) in [6.07, 6.45) is -4.75. The molecule has 0 radical (unpaired) electrons. The number of aliphatic hydroxyl groups excluding tert-OH is 6. The number of hydrogen-bond acceptors (Lipinski definition) is 16. The fraction of sp³-hybridized carbons (Fsp3) is 0.585. The molecule has 5 aliphatic heterocycles. The molecule has 0 saturated carbocycles. The zero-order valence-electron chi connectivity index (χ0n) is 43.0. The number of hydrogen-bond donors (Lipinski definition) is 8. The number of nitrogens with zero attached hydrogens (tertiary/aromatic N) is 3. The molecule has 0 aromatic heterocycles. The van der Waals surface area contributed by atoms with Gasteiger partial charge < -0.3 is 89.1 Å². The van der Waals surface area contributed by atoms with Crippen molar-refractivity contribution in [3.63, 3.8) is 0 Å². The summed E-state index contributed by atoms with van der Waals surface area (Å²) < 4.78 is 23.6. The highest BCUT2D eigenvalue weighted by Gasteiger charge is 2.47. The number of rotatable bonds is 19. The van der Waals surface area contributed by atoms with E-state index in [1.54, 1.807) is 0 Å². The quantitative estimate of drug-likeness (QED) is 0.0321. The van der Waals surface area contributed by atoms with Crippen molar-refractivity contribution >= 4 is 46.6 Å². The van der Waals surface area contributed by atoms with Crippen LogP contribution in [0.15, 0.2) is 60.3 Å². The maximum Gasteiger partial charge on any atom is 0.236 e. The van der Waals surface area contributed by atoms with Crippen LogP contribution in [0, 0.1) is 0 Å². The molecule has 406 valence electrons. The molecule has 7 rings (SSSR count). The number of anilines is 1. The van der Waals surface area contributed by atoms with Crippen molar-refractivity contribution in [2.45, 2.75) is 158 Å². The normalized spacial score (nSPS) is 28.7. The third-order valence-electron chi connectivity index (χ3n) is 14.8. The van der Waals surface area contributed by atoms with Crippen LogP contribution in [-0.4, -0.2) is 177 Å². The Bertz CT molecular complexity index is 2490. The molecule has 5 heterocycles. The molecule has 0 unspecified atom stereocenters. The van der Waals surface area contributed by atoms with Crippen LogP contribution in [0.25, 0.3) is 0 Å². The Hall–Kier alpha value is -4.53. The van der Waals surface area contributed by atoms with Crippen LogP contribution in [0.1, 0.15) is 95.4 Å². The number of likely N-dealkylation sites (N-methyl/N-ethyl adjacent to an activating group) is 1. The first-order valence-corrected chi connectivity index (χ1v) is 25.1. The molecule has 2 aromatic rings. The van der Waals surface area contributed by atoms with Gasteiger partial charge in [0, 0.05) is 94.0 Å². The first kappa shape index (κ1) is 58.7. The number of likely N-dealkylation sites (tertiary alicyclic amines) is 1. The summed E-state index contributed by atoms with van der Waals surface area (Å²) in [6, 6.07) is 11.9. The topological polar surface area (TPSA) is 277 Å². The molecule has 5 amide bonds. The van der Waals surface area contributed by atoms with E-state index < -0.39 is 90.0 Å². The maximum absolute atomic E-state index is 13.3. The minimum Gasteiger partial charge on any atom is -1.00 e. The van der Waals surface area contributed by atoms with Crippen LogP contribution >= 0.6 is 0 Å². The van der Waals surface area contributed by atoms with E-state index in [2.05, 4.69) is 66.9 Å². The highest BCUT2D eigenvalue weighted by atomic mass is 127. The molecule has 3 saturated heterocycles. The predicted octanol–water partition coefficient (Wildman–Crippen LogP) is -2.21. The molecule has 20 nitrogen and oxygen atoms in total. The number of imide groups is 3. The summed E-state index contributed by atoms with van der Waals surface area (Å²) >= 11 is 0. The molecule has 5 aliphatic rings. The number of ether oxygens (including phenoxy) is 4. The van der Waals surface area contributed by atoms with Gasteiger partial charge in [-0.25, -0.2) is 4.90 Å². The lowest BCUT2D eigenvalue weighted by Crippen LogP contribution is -3.00. The lowest BCUT2D eigenvalue weighted by atomic mass is 9.80. The van der Waals surface area contributed by atoms with Crippen LogP contribution < -0.4 is 39.5 Å². The van der Waals surface area contributed by atoms with E-state index in [0.29, 0.717) is 32.4 Å². The molecule has 0 bridgehead atoms. The number of allylic oxidation sites excluding steroid dienone is 4. The Morgan fingerprint density at radius 1 is 0.730 bits per heavy atom. The van der Waals surface area contributed by atoms with E-state index in [4.69, 9.17) is 18.9 Å². The monoisotopic (exact) mass is 1150 g/mol. The number of benzene rings is 2. The van der Waals surface area contributed by atoms with Crippen molar-refractivity contribution in [1.29, 1.82) is 0 Å². The SMILES string of the molecule is CCN1/C(=C\C=C\C2=[N+](CCCCCC(=O)N3C(=O)CCC3=O)c3ccc(CC(=O)NC[C@H]4O[C@H](OC)[C@H](O)[C@@H](O)[C@@H]4O)cc3C2(C)C)C(C)(C)c2cc(CC(=O)NC[C@H]3O[C@H](OC)[C@H](O)[C@@H](O)[C@@H]3O)ccc21.[I-]. The van der Waals surface area contributed by atoms with Gasteiger partial charge in [-0.15, -0.1) is 0 Å². The molecule has 3 fully saturated rings. The maximum atomic E-state index is 13.3. The van der Waals surface area contributed by atoms with Gasteiger partial charge in [0.05, 0.1) is 18.3 Å². The number of carbonyl (C=O) groups excluding carboxylic acids is 5. The molecule has 0 spiro atoms. The summed E-state index contributed by atoms with van der Waals surface area (Å²) in [5.41, 5.74) is 6.56. The van der Waals surface area contributed by atoms with Crippen molar-refractivity contribution in [3.05, 3.63) is 82.6 Å². The molecule has 74 heavy (non-hydrogen) atoms. The highest BCUT2D eigenvalue weighted by molar-refractivity contribution is 6.15. The van der Waals surface area contributed by atoms with E-state index in [1.165, 1.54) is 14.2 Å². The average molecular weight is 1150 g/mol. The molecule has 21 heteroatoms. The number of amides is 5. The minimum atomic E-state index is -1.52. The molecule has 2 aromatic carbocycles. The van der Waals surface area contributed by atoms with Gasteiger partial charge in [-0.2, -0.15) is 4.58 Å². The lowest BCUT2D eigenvalue weighted by Gasteiger charge is -2.39. The van der Waals surface area contributed by atoms with Gasteiger partial charge >= 0.3 is 0 Å². The Morgan fingerprint density at radius 3 is 1.78 bits per heavy atom. The zero-order chi connectivity index (χ0) is 53.1. The summed E-state index contributed by atoms with van der Waals surface area (Å²) in [5, 5.41) is 67.3. The minimum absolute atomic E-state index is 0. The van der Waals surface area contributed by atoms with Crippen molar-refractivity contribution in [3.8, 4) is 0 Å².